The number of hydrogen-bond acceptors (Lipinski definition) is 5. The number of rotatable bonds is 8. The quantitative estimate of drug-likeness (QED) is 0.583. The van der Waals surface area contributed by atoms with E-state index in [0.29, 0.717) is 17.5 Å². The lowest BCUT2D eigenvalue weighted by molar-refractivity contribution is -0.123. The summed E-state index contributed by atoms with van der Waals surface area (Å²) in [6.07, 6.45) is 0.300. The van der Waals surface area contributed by atoms with Crippen molar-refractivity contribution in [3.63, 3.8) is 0 Å². The molecule has 1 aromatic heterocycles. The fourth-order valence-electron chi connectivity index (χ4n) is 3.02. The van der Waals surface area contributed by atoms with E-state index in [0.717, 1.165) is 5.56 Å². The van der Waals surface area contributed by atoms with E-state index >= 15 is 0 Å². The molecule has 1 unspecified atom stereocenters. The van der Waals surface area contributed by atoms with Gasteiger partial charge in [-0.15, -0.1) is 0 Å². The molecule has 148 valence electrons. The summed E-state index contributed by atoms with van der Waals surface area (Å²) in [5, 5.41) is 2.69. The summed E-state index contributed by atoms with van der Waals surface area (Å²) in [5.74, 6) is -1.01. The third-order valence-corrected chi connectivity index (χ3v) is 6.13. The minimum atomic E-state index is -3.25. The van der Waals surface area contributed by atoms with Gasteiger partial charge in [0.2, 0.25) is 5.91 Å². The van der Waals surface area contributed by atoms with Gasteiger partial charge in [-0.3, -0.25) is 9.36 Å². The van der Waals surface area contributed by atoms with Crippen molar-refractivity contribution in [1.29, 1.82) is 0 Å². The summed E-state index contributed by atoms with van der Waals surface area (Å²) in [5.41, 5.74) is 1.70. The average molecular weight is 402 g/mol. The summed E-state index contributed by atoms with van der Waals surface area (Å²) in [6, 6.07) is 15.1. The summed E-state index contributed by atoms with van der Waals surface area (Å²) in [4.78, 5) is 24.4. The molecule has 0 fully saturated rings. The van der Waals surface area contributed by atoms with E-state index in [-0.39, 0.29) is 24.0 Å². The minimum absolute atomic E-state index is 0.0193. The summed E-state index contributed by atoms with van der Waals surface area (Å²) in [6.45, 7) is 1.81. The molecule has 3 rings (SSSR count). The van der Waals surface area contributed by atoms with Crippen LogP contribution >= 0.6 is 0 Å². The molecular formula is C20H22N2O5S. The zero-order chi connectivity index (χ0) is 20.1. The molecule has 1 N–H and O–H groups in total. The lowest BCUT2D eigenvalue weighted by Crippen LogP contribution is -2.35. The lowest BCUT2D eigenvalue weighted by Gasteiger charge is -2.13. The molecule has 0 aliphatic heterocycles. The number of carbonyl (C=O) groups excluding carboxylic acids is 1. The fraction of sp³-hybridized carbons (Fsp3) is 0.300. The maximum Gasteiger partial charge on any atom is 0.420 e. The first-order valence-corrected chi connectivity index (χ1v) is 10.8. The molecule has 0 aliphatic rings. The number of aromatic nitrogens is 1. The molecule has 2 aromatic carbocycles. The number of oxazole rings is 1. The van der Waals surface area contributed by atoms with Crippen molar-refractivity contribution in [3.05, 3.63) is 70.7 Å². The molecule has 1 amide bonds. The summed E-state index contributed by atoms with van der Waals surface area (Å²) in [7, 11) is -3.25. The van der Waals surface area contributed by atoms with E-state index in [4.69, 9.17) is 4.42 Å². The Morgan fingerprint density at radius 1 is 1.11 bits per heavy atom. The van der Waals surface area contributed by atoms with Crippen molar-refractivity contribution in [1.82, 2.24) is 9.88 Å². The van der Waals surface area contributed by atoms with Crippen molar-refractivity contribution in [2.45, 2.75) is 25.1 Å². The molecule has 1 atom stereocenters. The summed E-state index contributed by atoms with van der Waals surface area (Å²) >= 11 is 0. The Labute approximate surface area is 162 Å². The third kappa shape index (κ3) is 4.69. The highest BCUT2D eigenvalue weighted by atomic mass is 32.2. The molecule has 28 heavy (non-hydrogen) atoms. The van der Waals surface area contributed by atoms with Crippen LogP contribution in [0.4, 0.5) is 0 Å². The molecule has 8 heteroatoms. The van der Waals surface area contributed by atoms with Crippen LogP contribution in [0, 0.1) is 0 Å². The molecule has 0 saturated heterocycles. The Morgan fingerprint density at radius 2 is 1.79 bits per heavy atom. The van der Waals surface area contributed by atoms with Gasteiger partial charge >= 0.3 is 5.76 Å². The SMILES string of the molecule is CC(C(=O)NCCCS(=O)(=O)Cc1ccccc1)n1c(=O)oc2ccccc21. The number of sulfone groups is 1. The molecule has 1 heterocycles. The number of hydrogen-bond donors (Lipinski definition) is 1. The van der Waals surface area contributed by atoms with Crippen molar-refractivity contribution >= 4 is 26.8 Å². The zero-order valence-corrected chi connectivity index (χ0v) is 16.3. The number of para-hydroxylation sites is 2. The van der Waals surface area contributed by atoms with Gasteiger partial charge in [0, 0.05) is 6.54 Å². The van der Waals surface area contributed by atoms with Gasteiger partial charge in [0.25, 0.3) is 0 Å². The topological polar surface area (TPSA) is 98.4 Å². The molecule has 0 radical (unpaired) electrons. The van der Waals surface area contributed by atoms with Gasteiger partial charge in [0.05, 0.1) is 17.0 Å². The Bertz CT molecular complexity index is 1120. The fourth-order valence-corrected chi connectivity index (χ4v) is 4.45. The predicted octanol–water partition coefficient (Wildman–Crippen LogP) is 2.28. The highest BCUT2D eigenvalue weighted by Gasteiger charge is 2.21. The van der Waals surface area contributed by atoms with E-state index < -0.39 is 21.6 Å². The first-order valence-electron chi connectivity index (χ1n) is 8.99. The number of benzene rings is 2. The van der Waals surface area contributed by atoms with Gasteiger partial charge < -0.3 is 9.73 Å². The second-order valence-corrected chi connectivity index (χ2v) is 8.79. The Kier molecular flexibility index (Phi) is 5.99. The number of nitrogens with one attached hydrogen (secondary N) is 1. The third-order valence-electron chi connectivity index (χ3n) is 4.45. The highest BCUT2D eigenvalue weighted by Crippen LogP contribution is 2.16. The van der Waals surface area contributed by atoms with Gasteiger partial charge in [-0.1, -0.05) is 42.5 Å². The maximum atomic E-state index is 12.4. The second-order valence-electron chi connectivity index (χ2n) is 6.60. The maximum absolute atomic E-state index is 12.4. The molecule has 0 aliphatic carbocycles. The number of fused-ring (bicyclic) bond motifs is 1. The monoisotopic (exact) mass is 402 g/mol. The van der Waals surface area contributed by atoms with Gasteiger partial charge in [-0.05, 0) is 31.0 Å². The van der Waals surface area contributed by atoms with Gasteiger partial charge in [-0.2, -0.15) is 0 Å². The first-order chi connectivity index (χ1) is 13.4. The van der Waals surface area contributed by atoms with E-state index in [1.807, 2.05) is 6.07 Å². The van der Waals surface area contributed by atoms with Crippen LogP contribution in [0.25, 0.3) is 11.1 Å². The first kappa shape index (κ1) is 19.9. The van der Waals surface area contributed by atoms with E-state index in [9.17, 15) is 18.0 Å². The number of carbonyl (C=O) groups is 1. The van der Waals surface area contributed by atoms with E-state index in [1.165, 1.54) is 4.57 Å². The van der Waals surface area contributed by atoms with E-state index in [1.54, 1.807) is 55.5 Å². The van der Waals surface area contributed by atoms with Crippen LogP contribution in [0.3, 0.4) is 0 Å². The Balaban J connectivity index is 1.54. The minimum Gasteiger partial charge on any atom is -0.408 e. The van der Waals surface area contributed by atoms with Crippen molar-refractivity contribution in [2.24, 2.45) is 0 Å². The van der Waals surface area contributed by atoms with Crippen LogP contribution in [-0.4, -0.2) is 31.2 Å². The molecule has 0 bridgehead atoms. The summed E-state index contributed by atoms with van der Waals surface area (Å²) < 4.78 is 30.8. The molecule has 7 nitrogen and oxygen atoms in total. The van der Waals surface area contributed by atoms with Crippen LogP contribution in [0.5, 0.6) is 0 Å². The normalized spacial score (nSPS) is 12.8. The van der Waals surface area contributed by atoms with Gasteiger partial charge in [0.15, 0.2) is 15.4 Å². The molecular weight excluding hydrogens is 380 g/mol. The Hall–Kier alpha value is -2.87. The molecule has 0 spiro atoms. The van der Waals surface area contributed by atoms with Crippen LogP contribution in [-0.2, 0) is 20.4 Å². The lowest BCUT2D eigenvalue weighted by atomic mass is 10.2. The molecule has 3 aromatic rings. The van der Waals surface area contributed by atoms with Gasteiger partial charge in [0.1, 0.15) is 6.04 Å². The van der Waals surface area contributed by atoms with Crippen LogP contribution in [0.2, 0.25) is 0 Å². The average Bonchev–Trinajstić information content (AvgIpc) is 3.00. The zero-order valence-electron chi connectivity index (χ0n) is 15.5. The van der Waals surface area contributed by atoms with Crippen LogP contribution < -0.4 is 11.1 Å². The van der Waals surface area contributed by atoms with Crippen LogP contribution in [0.15, 0.2) is 63.8 Å². The number of nitrogens with zero attached hydrogens (tertiary/aromatic N) is 1. The second kappa shape index (κ2) is 8.43. The standard InChI is InChI=1S/C20H22N2O5S/c1-15(22-17-10-5-6-11-18(17)27-20(22)24)19(23)21-12-7-13-28(25,26)14-16-8-3-2-4-9-16/h2-6,8-11,15H,7,12-14H2,1H3,(H,21,23). The van der Waals surface area contributed by atoms with Crippen molar-refractivity contribution in [2.75, 3.05) is 12.3 Å². The smallest absolute Gasteiger partial charge is 0.408 e. The molecule has 0 saturated carbocycles. The van der Waals surface area contributed by atoms with Crippen molar-refractivity contribution in [3.8, 4) is 0 Å². The van der Waals surface area contributed by atoms with Crippen molar-refractivity contribution < 1.29 is 17.6 Å². The number of amides is 1. The predicted molar refractivity (Wildman–Crippen MR) is 107 cm³/mol. The Morgan fingerprint density at radius 3 is 2.54 bits per heavy atom. The van der Waals surface area contributed by atoms with Crippen LogP contribution in [0.1, 0.15) is 24.9 Å². The largest absolute Gasteiger partial charge is 0.420 e. The highest BCUT2D eigenvalue weighted by molar-refractivity contribution is 7.90. The van der Waals surface area contributed by atoms with E-state index in [2.05, 4.69) is 5.32 Å². The van der Waals surface area contributed by atoms with Gasteiger partial charge in [-0.25, -0.2) is 13.2 Å².